The molecule has 1 aromatic rings. The van der Waals surface area contributed by atoms with Gasteiger partial charge in [0.2, 0.25) is 5.91 Å². The monoisotopic (exact) mass is 341 g/mol. The molecule has 0 aromatic heterocycles. The van der Waals surface area contributed by atoms with Crippen molar-refractivity contribution >= 4 is 21.8 Å². The number of carbonyl (C=O) groups is 1. The zero-order valence-corrected chi connectivity index (χ0v) is 14.3. The van der Waals surface area contributed by atoms with E-state index in [9.17, 15) is 4.79 Å². The average Bonchev–Trinajstić information content (AvgIpc) is 2.37. The van der Waals surface area contributed by atoms with Crippen molar-refractivity contribution in [3.05, 3.63) is 29.8 Å². The van der Waals surface area contributed by atoms with Crippen molar-refractivity contribution in [3.8, 4) is 5.75 Å². The summed E-state index contributed by atoms with van der Waals surface area (Å²) in [5.41, 5.74) is 0.962. The maximum Gasteiger partial charge on any atom is 0.224 e. The van der Waals surface area contributed by atoms with Crippen molar-refractivity contribution in [2.24, 2.45) is 5.41 Å². The van der Waals surface area contributed by atoms with Gasteiger partial charge < -0.3 is 10.1 Å². The maximum atomic E-state index is 12.2. The molecule has 0 saturated carbocycles. The van der Waals surface area contributed by atoms with E-state index in [2.05, 4.69) is 42.0 Å². The first kappa shape index (κ1) is 17.0. The molecule has 112 valence electrons. The van der Waals surface area contributed by atoms with E-state index in [-0.39, 0.29) is 17.4 Å². The Kier molecular flexibility index (Phi) is 6.53. The molecule has 1 unspecified atom stereocenters. The molecule has 1 atom stereocenters. The number of nitrogens with one attached hydrogen (secondary N) is 1. The topological polar surface area (TPSA) is 38.3 Å². The van der Waals surface area contributed by atoms with E-state index in [0.717, 1.165) is 23.1 Å². The van der Waals surface area contributed by atoms with Crippen LogP contribution in [0.3, 0.4) is 0 Å². The minimum atomic E-state index is 0.0374. The number of methoxy groups -OCH3 is 1. The van der Waals surface area contributed by atoms with Crippen LogP contribution < -0.4 is 10.1 Å². The van der Waals surface area contributed by atoms with Crippen molar-refractivity contribution in [1.29, 1.82) is 0 Å². The van der Waals surface area contributed by atoms with Crippen LogP contribution in [0.1, 0.15) is 32.8 Å². The first-order valence-electron chi connectivity index (χ1n) is 6.85. The second kappa shape index (κ2) is 7.67. The molecule has 0 spiro atoms. The Bertz CT molecular complexity index is 440. The number of hydrogen-bond donors (Lipinski definition) is 1. The van der Waals surface area contributed by atoms with Gasteiger partial charge in [0.25, 0.3) is 0 Å². The van der Waals surface area contributed by atoms with E-state index in [1.54, 1.807) is 7.11 Å². The molecule has 0 radical (unpaired) electrons. The molecule has 0 aliphatic carbocycles. The number of rotatable bonds is 6. The predicted molar refractivity (Wildman–Crippen MR) is 86.5 cm³/mol. The van der Waals surface area contributed by atoms with Gasteiger partial charge in [0.1, 0.15) is 5.75 Å². The summed E-state index contributed by atoms with van der Waals surface area (Å²) < 4.78 is 5.28. The van der Waals surface area contributed by atoms with Crippen molar-refractivity contribution in [1.82, 2.24) is 5.32 Å². The standard InChI is InChI=1S/C16H24BrNO2/c1-16(2,3)14(9-10-17)18-15(19)11-12-7-5-6-8-13(12)20-4/h5-8,14H,9-11H2,1-4H3,(H,18,19). The highest BCUT2D eigenvalue weighted by Crippen LogP contribution is 2.23. The molecule has 1 rings (SSSR count). The van der Waals surface area contributed by atoms with Gasteiger partial charge in [0.15, 0.2) is 0 Å². The largest absolute Gasteiger partial charge is 0.496 e. The lowest BCUT2D eigenvalue weighted by Gasteiger charge is -2.31. The van der Waals surface area contributed by atoms with Crippen LogP contribution in [-0.4, -0.2) is 24.4 Å². The third kappa shape index (κ3) is 5.16. The number of halogens is 1. The van der Waals surface area contributed by atoms with Crippen molar-refractivity contribution in [2.45, 2.75) is 39.7 Å². The van der Waals surface area contributed by atoms with E-state index in [4.69, 9.17) is 4.74 Å². The maximum absolute atomic E-state index is 12.2. The second-order valence-electron chi connectivity index (χ2n) is 5.95. The molecule has 0 heterocycles. The lowest BCUT2D eigenvalue weighted by Crippen LogP contribution is -2.44. The highest BCUT2D eigenvalue weighted by Gasteiger charge is 2.25. The van der Waals surface area contributed by atoms with Gasteiger partial charge in [-0.15, -0.1) is 0 Å². The predicted octanol–water partition coefficient (Wildman–Crippen LogP) is 3.55. The Morgan fingerprint density at radius 1 is 1.35 bits per heavy atom. The number of carbonyl (C=O) groups excluding carboxylic acids is 1. The normalized spacial score (nSPS) is 12.8. The minimum absolute atomic E-state index is 0.0374. The molecule has 4 heteroatoms. The number of ether oxygens (including phenoxy) is 1. The Balaban J connectivity index is 2.71. The third-order valence-electron chi connectivity index (χ3n) is 3.32. The van der Waals surface area contributed by atoms with Gasteiger partial charge in [-0.2, -0.15) is 0 Å². The van der Waals surface area contributed by atoms with Gasteiger partial charge in [0, 0.05) is 16.9 Å². The molecule has 3 nitrogen and oxygen atoms in total. The highest BCUT2D eigenvalue weighted by atomic mass is 79.9. The van der Waals surface area contributed by atoms with Crippen LogP contribution in [0.25, 0.3) is 0 Å². The molecule has 0 aliphatic heterocycles. The first-order valence-corrected chi connectivity index (χ1v) is 7.98. The van der Waals surface area contributed by atoms with Crippen molar-refractivity contribution < 1.29 is 9.53 Å². The lowest BCUT2D eigenvalue weighted by molar-refractivity contribution is -0.121. The second-order valence-corrected chi connectivity index (χ2v) is 6.75. The number of amides is 1. The van der Waals surface area contributed by atoms with Crippen LogP contribution in [0.4, 0.5) is 0 Å². The highest BCUT2D eigenvalue weighted by molar-refractivity contribution is 9.09. The number of hydrogen-bond acceptors (Lipinski definition) is 2. The van der Waals surface area contributed by atoms with Crippen LogP contribution in [0.2, 0.25) is 0 Å². The fraction of sp³-hybridized carbons (Fsp3) is 0.562. The Labute approximate surface area is 130 Å². The summed E-state index contributed by atoms with van der Waals surface area (Å²) in [6, 6.07) is 7.79. The van der Waals surface area contributed by atoms with Gasteiger partial charge in [-0.1, -0.05) is 54.9 Å². The Morgan fingerprint density at radius 2 is 2.00 bits per heavy atom. The van der Waals surface area contributed by atoms with Crippen LogP contribution in [0, 0.1) is 5.41 Å². The fourth-order valence-electron chi connectivity index (χ4n) is 2.10. The molecule has 1 amide bonds. The molecule has 0 saturated heterocycles. The summed E-state index contributed by atoms with van der Waals surface area (Å²) in [4.78, 5) is 12.2. The van der Waals surface area contributed by atoms with Crippen LogP contribution >= 0.6 is 15.9 Å². The van der Waals surface area contributed by atoms with E-state index < -0.39 is 0 Å². The quantitative estimate of drug-likeness (QED) is 0.803. The number of benzene rings is 1. The summed E-state index contributed by atoms with van der Waals surface area (Å²) in [6.45, 7) is 6.43. The molecule has 0 fully saturated rings. The fourth-order valence-corrected chi connectivity index (χ4v) is 2.56. The summed E-state index contributed by atoms with van der Waals surface area (Å²) in [5, 5.41) is 4.01. The number of para-hydroxylation sites is 1. The first-order chi connectivity index (χ1) is 9.38. The van der Waals surface area contributed by atoms with Crippen LogP contribution in [-0.2, 0) is 11.2 Å². The average molecular weight is 342 g/mol. The van der Waals surface area contributed by atoms with Gasteiger partial charge in [-0.25, -0.2) is 0 Å². The SMILES string of the molecule is COc1ccccc1CC(=O)NC(CCBr)C(C)(C)C. The third-order valence-corrected chi connectivity index (χ3v) is 3.78. The summed E-state index contributed by atoms with van der Waals surface area (Å²) in [6.07, 6.45) is 1.26. The van der Waals surface area contributed by atoms with Gasteiger partial charge in [-0.05, 0) is 17.9 Å². The molecule has 1 aromatic carbocycles. The van der Waals surface area contributed by atoms with Gasteiger partial charge >= 0.3 is 0 Å². The molecule has 0 aliphatic rings. The van der Waals surface area contributed by atoms with Gasteiger partial charge in [-0.3, -0.25) is 4.79 Å². The van der Waals surface area contributed by atoms with Crippen LogP contribution in [0.15, 0.2) is 24.3 Å². The molecule has 20 heavy (non-hydrogen) atoms. The Hall–Kier alpha value is -1.03. The Morgan fingerprint density at radius 3 is 2.55 bits per heavy atom. The minimum Gasteiger partial charge on any atom is -0.496 e. The van der Waals surface area contributed by atoms with Crippen molar-refractivity contribution in [3.63, 3.8) is 0 Å². The van der Waals surface area contributed by atoms with E-state index >= 15 is 0 Å². The molecular formula is C16H24BrNO2. The summed E-state index contributed by atoms with van der Waals surface area (Å²) in [7, 11) is 1.62. The molecule has 0 bridgehead atoms. The summed E-state index contributed by atoms with van der Waals surface area (Å²) in [5.74, 6) is 0.797. The number of alkyl halides is 1. The van der Waals surface area contributed by atoms with E-state index in [1.165, 1.54) is 0 Å². The zero-order chi connectivity index (χ0) is 15.2. The van der Waals surface area contributed by atoms with Gasteiger partial charge in [0.05, 0.1) is 13.5 Å². The molecular weight excluding hydrogens is 318 g/mol. The summed E-state index contributed by atoms with van der Waals surface area (Å²) >= 11 is 3.45. The smallest absolute Gasteiger partial charge is 0.224 e. The lowest BCUT2D eigenvalue weighted by atomic mass is 9.85. The zero-order valence-electron chi connectivity index (χ0n) is 12.7. The van der Waals surface area contributed by atoms with E-state index in [1.807, 2.05) is 24.3 Å². The van der Waals surface area contributed by atoms with Crippen LogP contribution in [0.5, 0.6) is 5.75 Å². The molecule has 1 N–H and O–H groups in total. The van der Waals surface area contributed by atoms with Crippen molar-refractivity contribution in [2.75, 3.05) is 12.4 Å². The van der Waals surface area contributed by atoms with E-state index in [0.29, 0.717) is 6.42 Å².